The standard InChI is InChI=1S/C20H26ClN5O4/c1-14-5-6-15(12-16(14)21)22-19(29)25-10-8-24(9-11-25)17(27)4-3-7-26-18(28)13-23(2)20(26)30/h5-6,12H,3-4,7-11,13H2,1-2H3,(H,22,29). The summed E-state index contributed by atoms with van der Waals surface area (Å²) in [5.74, 6) is -0.266. The van der Waals surface area contributed by atoms with Gasteiger partial charge in [-0.05, 0) is 31.0 Å². The number of anilines is 1. The van der Waals surface area contributed by atoms with E-state index in [4.69, 9.17) is 11.6 Å². The quantitative estimate of drug-likeness (QED) is 0.716. The summed E-state index contributed by atoms with van der Waals surface area (Å²) in [6, 6.07) is 4.81. The van der Waals surface area contributed by atoms with E-state index in [1.165, 1.54) is 9.80 Å². The molecule has 10 heteroatoms. The Bertz CT molecular complexity index is 854. The summed E-state index contributed by atoms with van der Waals surface area (Å²) in [5, 5.41) is 3.42. The van der Waals surface area contributed by atoms with Gasteiger partial charge in [0.25, 0.3) is 0 Å². The Labute approximate surface area is 180 Å². The number of hydrogen-bond donors (Lipinski definition) is 1. The number of rotatable bonds is 5. The number of halogens is 1. The molecule has 30 heavy (non-hydrogen) atoms. The maximum atomic E-state index is 12.4. The summed E-state index contributed by atoms with van der Waals surface area (Å²) < 4.78 is 0. The number of imide groups is 1. The van der Waals surface area contributed by atoms with E-state index >= 15 is 0 Å². The number of piperazine rings is 1. The van der Waals surface area contributed by atoms with E-state index in [-0.39, 0.29) is 43.4 Å². The van der Waals surface area contributed by atoms with Crippen LogP contribution in [-0.4, -0.2) is 89.8 Å². The number of amides is 6. The topological polar surface area (TPSA) is 93.3 Å². The highest BCUT2D eigenvalue weighted by Gasteiger charge is 2.33. The van der Waals surface area contributed by atoms with Gasteiger partial charge >= 0.3 is 12.1 Å². The molecule has 0 unspecified atom stereocenters. The van der Waals surface area contributed by atoms with Gasteiger partial charge in [0.1, 0.15) is 6.54 Å². The summed E-state index contributed by atoms with van der Waals surface area (Å²) in [5.41, 5.74) is 1.57. The van der Waals surface area contributed by atoms with Crippen LogP contribution in [-0.2, 0) is 9.59 Å². The zero-order chi connectivity index (χ0) is 21.8. The molecule has 0 aromatic heterocycles. The molecular formula is C20H26ClN5O4. The molecule has 2 fully saturated rings. The fourth-order valence-electron chi connectivity index (χ4n) is 3.47. The minimum atomic E-state index is -0.318. The largest absolute Gasteiger partial charge is 0.339 e. The van der Waals surface area contributed by atoms with E-state index in [2.05, 4.69) is 5.32 Å². The third-order valence-corrected chi connectivity index (χ3v) is 5.75. The lowest BCUT2D eigenvalue weighted by molar-refractivity contribution is -0.133. The van der Waals surface area contributed by atoms with Crippen molar-refractivity contribution in [3.8, 4) is 0 Å². The highest BCUT2D eigenvalue weighted by atomic mass is 35.5. The molecule has 0 radical (unpaired) electrons. The second kappa shape index (κ2) is 9.34. The third kappa shape index (κ3) is 5.02. The van der Waals surface area contributed by atoms with Gasteiger partial charge in [0.05, 0.1) is 0 Å². The van der Waals surface area contributed by atoms with Gasteiger partial charge in [-0.25, -0.2) is 9.59 Å². The van der Waals surface area contributed by atoms with Gasteiger partial charge in [0.2, 0.25) is 11.8 Å². The average molecular weight is 436 g/mol. The lowest BCUT2D eigenvalue weighted by Crippen LogP contribution is -2.51. The molecule has 1 N–H and O–H groups in total. The molecule has 6 amide bonds. The van der Waals surface area contributed by atoms with Crippen LogP contribution in [0.3, 0.4) is 0 Å². The van der Waals surface area contributed by atoms with Crippen molar-refractivity contribution in [2.24, 2.45) is 0 Å². The number of hydrogen-bond acceptors (Lipinski definition) is 4. The van der Waals surface area contributed by atoms with Crippen molar-refractivity contribution < 1.29 is 19.2 Å². The van der Waals surface area contributed by atoms with E-state index in [1.807, 2.05) is 13.0 Å². The highest BCUT2D eigenvalue weighted by Crippen LogP contribution is 2.20. The van der Waals surface area contributed by atoms with Gasteiger partial charge in [-0.1, -0.05) is 17.7 Å². The smallest absolute Gasteiger partial charge is 0.326 e. The number of nitrogens with one attached hydrogen (secondary N) is 1. The van der Waals surface area contributed by atoms with Crippen molar-refractivity contribution >= 4 is 41.2 Å². The van der Waals surface area contributed by atoms with Crippen LogP contribution in [0.25, 0.3) is 0 Å². The normalized spacial score (nSPS) is 17.0. The Hall–Kier alpha value is -2.81. The Kier molecular flexibility index (Phi) is 6.81. The third-order valence-electron chi connectivity index (χ3n) is 5.35. The summed E-state index contributed by atoms with van der Waals surface area (Å²) in [6.45, 7) is 4.00. The molecule has 1 aromatic carbocycles. The number of carbonyl (C=O) groups excluding carboxylic acids is 4. The second-order valence-corrected chi connectivity index (χ2v) is 7.96. The molecule has 3 rings (SSSR count). The molecule has 0 bridgehead atoms. The van der Waals surface area contributed by atoms with Crippen molar-refractivity contribution in [1.82, 2.24) is 19.6 Å². The minimum Gasteiger partial charge on any atom is -0.339 e. The molecule has 2 aliphatic rings. The van der Waals surface area contributed by atoms with E-state index in [0.717, 1.165) is 5.56 Å². The Morgan fingerprint density at radius 2 is 1.77 bits per heavy atom. The average Bonchev–Trinajstić information content (AvgIpc) is 2.96. The number of likely N-dealkylation sites (N-methyl/N-ethyl adjacent to an activating group) is 1. The van der Waals surface area contributed by atoms with Crippen LogP contribution in [0.15, 0.2) is 18.2 Å². The number of aryl methyl sites for hydroxylation is 1. The van der Waals surface area contributed by atoms with Crippen molar-refractivity contribution in [3.63, 3.8) is 0 Å². The first-order valence-electron chi connectivity index (χ1n) is 9.91. The molecule has 2 heterocycles. The van der Waals surface area contributed by atoms with Crippen molar-refractivity contribution in [2.45, 2.75) is 19.8 Å². The molecule has 162 valence electrons. The van der Waals surface area contributed by atoms with E-state index in [9.17, 15) is 19.2 Å². The van der Waals surface area contributed by atoms with E-state index < -0.39 is 0 Å². The van der Waals surface area contributed by atoms with Gasteiger partial charge in [0, 0.05) is 56.9 Å². The first-order chi connectivity index (χ1) is 14.3. The van der Waals surface area contributed by atoms with Crippen molar-refractivity contribution in [2.75, 3.05) is 51.6 Å². The van der Waals surface area contributed by atoms with Crippen molar-refractivity contribution in [1.29, 1.82) is 0 Å². The molecule has 1 aromatic rings. The van der Waals surface area contributed by atoms with Gasteiger partial charge in [-0.15, -0.1) is 0 Å². The molecule has 0 atom stereocenters. The molecule has 0 saturated carbocycles. The maximum absolute atomic E-state index is 12.4. The predicted octanol–water partition coefficient (Wildman–Crippen LogP) is 2.00. The van der Waals surface area contributed by atoms with Gasteiger partial charge in [-0.3, -0.25) is 14.5 Å². The SMILES string of the molecule is Cc1ccc(NC(=O)N2CCN(C(=O)CCCN3C(=O)CN(C)C3=O)CC2)cc1Cl. The molecule has 0 aliphatic carbocycles. The summed E-state index contributed by atoms with van der Waals surface area (Å²) >= 11 is 6.09. The second-order valence-electron chi connectivity index (χ2n) is 7.55. The Balaban J connectivity index is 1.40. The Morgan fingerprint density at radius 1 is 1.10 bits per heavy atom. The zero-order valence-electron chi connectivity index (χ0n) is 17.2. The number of urea groups is 2. The van der Waals surface area contributed by atoms with Crippen LogP contribution in [0.4, 0.5) is 15.3 Å². The van der Waals surface area contributed by atoms with Crippen LogP contribution >= 0.6 is 11.6 Å². The fourth-order valence-corrected chi connectivity index (χ4v) is 3.65. The van der Waals surface area contributed by atoms with E-state index in [0.29, 0.717) is 43.3 Å². The first-order valence-corrected chi connectivity index (χ1v) is 10.3. The zero-order valence-corrected chi connectivity index (χ0v) is 17.9. The summed E-state index contributed by atoms with van der Waals surface area (Å²) in [4.78, 5) is 54.4. The van der Waals surface area contributed by atoms with Crippen LogP contribution in [0, 0.1) is 6.92 Å². The summed E-state index contributed by atoms with van der Waals surface area (Å²) in [6.07, 6.45) is 0.688. The number of benzene rings is 1. The predicted molar refractivity (Wildman–Crippen MR) is 112 cm³/mol. The molecule has 2 aliphatic heterocycles. The van der Waals surface area contributed by atoms with Crippen LogP contribution in [0.5, 0.6) is 0 Å². The van der Waals surface area contributed by atoms with Crippen LogP contribution in [0.2, 0.25) is 5.02 Å². The van der Waals surface area contributed by atoms with Crippen LogP contribution in [0.1, 0.15) is 18.4 Å². The van der Waals surface area contributed by atoms with Crippen molar-refractivity contribution in [3.05, 3.63) is 28.8 Å². The fraction of sp³-hybridized carbons (Fsp3) is 0.500. The first kappa shape index (κ1) is 21.9. The molecule has 9 nitrogen and oxygen atoms in total. The highest BCUT2D eigenvalue weighted by molar-refractivity contribution is 6.31. The van der Waals surface area contributed by atoms with Gasteiger partial charge in [-0.2, -0.15) is 0 Å². The molecule has 0 spiro atoms. The maximum Gasteiger partial charge on any atom is 0.326 e. The minimum absolute atomic E-state index is 0.0344. The van der Waals surface area contributed by atoms with E-state index in [1.54, 1.807) is 29.0 Å². The Morgan fingerprint density at radius 3 is 2.37 bits per heavy atom. The van der Waals surface area contributed by atoms with Crippen LogP contribution < -0.4 is 5.32 Å². The lowest BCUT2D eigenvalue weighted by Gasteiger charge is -2.34. The lowest BCUT2D eigenvalue weighted by atomic mass is 10.2. The molecular weight excluding hydrogens is 410 g/mol. The monoisotopic (exact) mass is 435 g/mol. The summed E-state index contributed by atoms with van der Waals surface area (Å²) in [7, 11) is 1.58. The number of nitrogens with zero attached hydrogens (tertiary/aromatic N) is 4. The molecule has 2 saturated heterocycles. The van der Waals surface area contributed by atoms with Gasteiger partial charge in [0.15, 0.2) is 0 Å². The van der Waals surface area contributed by atoms with Gasteiger partial charge < -0.3 is 20.0 Å². The number of carbonyl (C=O) groups is 4.